The summed E-state index contributed by atoms with van der Waals surface area (Å²) in [5.41, 5.74) is 3.99. The minimum atomic E-state index is 0.678. The molecule has 2 nitrogen and oxygen atoms in total. The Labute approximate surface area is 90.4 Å². The molecule has 1 aromatic heterocycles. The molecule has 1 aromatic rings. The topological polar surface area (TPSA) is 24.9 Å². The number of fused-ring (bicyclic) bond motifs is 1. The molecule has 1 saturated heterocycles. The molecular weight excluding hydrogens is 184 g/mol. The standard InChI is InChI=1S/C13H16N2/c1-3-10-7-12(9-15-13(10)5-1)11-4-2-6-14-8-11/h1,5,7,9,11,14H,2-4,6,8H2. The minimum absolute atomic E-state index is 0.678. The molecule has 0 radical (unpaired) electrons. The average Bonchev–Trinajstić information content (AvgIpc) is 2.77. The van der Waals surface area contributed by atoms with Crippen LogP contribution in [0.5, 0.6) is 0 Å². The molecule has 0 spiro atoms. The quantitative estimate of drug-likeness (QED) is 0.751. The number of pyridine rings is 1. The van der Waals surface area contributed by atoms with Crippen molar-refractivity contribution in [3.63, 3.8) is 0 Å². The number of nitrogens with one attached hydrogen (secondary N) is 1. The van der Waals surface area contributed by atoms with E-state index in [2.05, 4.69) is 34.7 Å². The van der Waals surface area contributed by atoms with Gasteiger partial charge in [-0.05, 0) is 48.9 Å². The molecule has 0 saturated carbocycles. The molecule has 15 heavy (non-hydrogen) atoms. The van der Waals surface area contributed by atoms with E-state index in [1.54, 1.807) is 0 Å². The number of piperidine rings is 1. The van der Waals surface area contributed by atoms with Crippen LogP contribution in [0.15, 0.2) is 18.3 Å². The molecule has 1 aliphatic carbocycles. The zero-order chi connectivity index (χ0) is 10.1. The number of hydrogen-bond donors (Lipinski definition) is 1. The van der Waals surface area contributed by atoms with Gasteiger partial charge in [0.05, 0.1) is 5.69 Å². The molecule has 1 atom stereocenters. The number of allylic oxidation sites excluding steroid dienone is 1. The van der Waals surface area contributed by atoms with Crippen LogP contribution in [0.3, 0.4) is 0 Å². The van der Waals surface area contributed by atoms with Gasteiger partial charge < -0.3 is 5.32 Å². The highest BCUT2D eigenvalue weighted by Crippen LogP contribution is 2.26. The maximum Gasteiger partial charge on any atom is 0.0661 e. The van der Waals surface area contributed by atoms with E-state index in [9.17, 15) is 0 Å². The fourth-order valence-corrected chi connectivity index (χ4v) is 2.51. The van der Waals surface area contributed by atoms with Gasteiger partial charge in [0.1, 0.15) is 0 Å². The lowest BCUT2D eigenvalue weighted by Crippen LogP contribution is -2.28. The summed E-state index contributed by atoms with van der Waals surface area (Å²) in [5, 5.41) is 3.46. The van der Waals surface area contributed by atoms with E-state index < -0.39 is 0 Å². The van der Waals surface area contributed by atoms with Crippen LogP contribution in [-0.2, 0) is 6.42 Å². The largest absolute Gasteiger partial charge is 0.316 e. The van der Waals surface area contributed by atoms with Crippen molar-refractivity contribution in [2.75, 3.05) is 13.1 Å². The van der Waals surface area contributed by atoms with Gasteiger partial charge in [-0.1, -0.05) is 12.1 Å². The zero-order valence-electron chi connectivity index (χ0n) is 8.87. The highest BCUT2D eigenvalue weighted by Gasteiger charge is 2.17. The summed E-state index contributed by atoms with van der Waals surface area (Å²) in [7, 11) is 0. The molecule has 1 fully saturated rings. The van der Waals surface area contributed by atoms with Gasteiger partial charge in [-0.15, -0.1) is 0 Å². The third-order valence-corrected chi connectivity index (χ3v) is 3.40. The highest BCUT2D eigenvalue weighted by atomic mass is 14.9. The van der Waals surface area contributed by atoms with E-state index >= 15 is 0 Å². The van der Waals surface area contributed by atoms with Crippen molar-refractivity contribution in [2.24, 2.45) is 0 Å². The summed E-state index contributed by atoms with van der Waals surface area (Å²) < 4.78 is 0. The number of nitrogens with zero attached hydrogens (tertiary/aromatic N) is 1. The average molecular weight is 200 g/mol. The lowest BCUT2D eigenvalue weighted by Gasteiger charge is -2.23. The lowest BCUT2D eigenvalue weighted by atomic mass is 9.92. The van der Waals surface area contributed by atoms with Gasteiger partial charge in [-0.2, -0.15) is 0 Å². The van der Waals surface area contributed by atoms with E-state index in [0.29, 0.717) is 5.92 Å². The molecule has 2 heterocycles. The Kier molecular flexibility index (Phi) is 2.29. The van der Waals surface area contributed by atoms with E-state index in [0.717, 1.165) is 13.0 Å². The van der Waals surface area contributed by atoms with Crippen molar-refractivity contribution in [3.8, 4) is 0 Å². The van der Waals surface area contributed by atoms with Crippen LogP contribution in [0, 0.1) is 0 Å². The highest BCUT2D eigenvalue weighted by molar-refractivity contribution is 5.56. The Morgan fingerprint density at radius 2 is 2.40 bits per heavy atom. The maximum atomic E-state index is 4.52. The van der Waals surface area contributed by atoms with Crippen molar-refractivity contribution in [2.45, 2.75) is 25.2 Å². The van der Waals surface area contributed by atoms with Gasteiger partial charge in [0, 0.05) is 12.7 Å². The second kappa shape index (κ2) is 3.78. The molecule has 0 aromatic carbocycles. The lowest BCUT2D eigenvalue weighted by molar-refractivity contribution is 0.460. The first-order chi connectivity index (χ1) is 7.43. The molecule has 1 N–H and O–H groups in total. The summed E-state index contributed by atoms with van der Waals surface area (Å²) in [6.07, 6.45) is 10.0. The van der Waals surface area contributed by atoms with Crippen LogP contribution in [0.1, 0.15) is 35.6 Å². The van der Waals surface area contributed by atoms with Gasteiger partial charge in [0.15, 0.2) is 0 Å². The normalized spacial score (nSPS) is 24.1. The molecule has 2 aliphatic rings. The Morgan fingerprint density at radius 3 is 3.27 bits per heavy atom. The molecule has 0 bridgehead atoms. The number of hydrogen-bond acceptors (Lipinski definition) is 2. The number of aromatic nitrogens is 1. The first-order valence-corrected chi connectivity index (χ1v) is 5.79. The summed E-state index contributed by atoms with van der Waals surface area (Å²) in [6, 6.07) is 2.35. The van der Waals surface area contributed by atoms with Crippen LogP contribution < -0.4 is 5.32 Å². The van der Waals surface area contributed by atoms with Gasteiger partial charge in [-0.25, -0.2) is 0 Å². The van der Waals surface area contributed by atoms with Gasteiger partial charge in [-0.3, -0.25) is 4.98 Å². The predicted molar refractivity (Wildman–Crippen MR) is 61.8 cm³/mol. The molecule has 2 heteroatoms. The van der Waals surface area contributed by atoms with Crippen LogP contribution in [-0.4, -0.2) is 18.1 Å². The first kappa shape index (κ1) is 9.10. The van der Waals surface area contributed by atoms with Crippen molar-refractivity contribution in [1.29, 1.82) is 0 Å². The second-order valence-electron chi connectivity index (χ2n) is 4.46. The van der Waals surface area contributed by atoms with Crippen molar-refractivity contribution >= 4 is 6.08 Å². The minimum Gasteiger partial charge on any atom is -0.316 e. The van der Waals surface area contributed by atoms with Gasteiger partial charge in [0.25, 0.3) is 0 Å². The Bertz CT molecular complexity index is 390. The van der Waals surface area contributed by atoms with Crippen molar-refractivity contribution < 1.29 is 0 Å². The summed E-state index contributed by atoms with van der Waals surface area (Å²) in [6.45, 7) is 2.30. The molecule has 1 aliphatic heterocycles. The molecule has 78 valence electrons. The fraction of sp³-hybridized carbons (Fsp3) is 0.462. The van der Waals surface area contributed by atoms with E-state index in [4.69, 9.17) is 0 Å². The third kappa shape index (κ3) is 1.70. The molecule has 3 rings (SSSR count). The second-order valence-corrected chi connectivity index (χ2v) is 4.46. The Morgan fingerprint density at radius 1 is 1.40 bits per heavy atom. The number of rotatable bonds is 1. The molecule has 1 unspecified atom stereocenters. The third-order valence-electron chi connectivity index (χ3n) is 3.40. The van der Waals surface area contributed by atoms with Crippen LogP contribution in [0.25, 0.3) is 6.08 Å². The van der Waals surface area contributed by atoms with Crippen LogP contribution in [0.4, 0.5) is 0 Å². The van der Waals surface area contributed by atoms with Crippen molar-refractivity contribution in [3.05, 3.63) is 35.2 Å². The molecular formula is C13H16N2. The summed E-state index contributed by atoms with van der Waals surface area (Å²) in [5.74, 6) is 0.678. The predicted octanol–water partition coefficient (Wildman–Crippen LogP) is 2.12. The van der Waals surface area contributed by atoms with Crippen LogP contribution >= 0.6 is 0 Å². The summed E-state index contributed by atoms with van der Waals surface area (Å²) in [4.78, 5) is 4.52. The van der Waals surface area contributed by atoms with E-state index in [1.165, 1.54) is 36.2 Å². The SMILES string of the molecule is C1=Cc2ncc(C3CCCNC3)cc2C1. The van der Waals surface area contributed by atoms with Gasteiger partial charge in [0.2, 0.25) is 0 Å². The maximum absolute atomic E-state index is 4.52. The molecule has 0 amide bonds. The van der Waals surface area contributed by atoms with Crippen LogP contribution in [0.2, 0.25) is 0 Å². The zero-order valence-corrected chi connectivity index (χ0v) is 8.87. The van der Waals surface area contributed by atoms with Gasteiger partial charge >= 0.3 is 0 Å². The monoisotopic (exact) mass is 200 g/mol. The summed E-state index contributed by atoms with van der Waals surface area (Å²) >= 11 is 0. The fourth-order valence-electron chi connectivity index (χ4n) is 2.51. The Balaban J connectivity index is 1.86. The smallest absolute Gasteiger partial charge is 0.0661 e. The van der Waals surface area contributed by atoms with E-state index in [-0.39, 0.29) is 0 Å². The van der Waals surface area contributed by atoms with Crippen molar-refractivity contribution in [1.82, 2.24) is 10.3 Å². The first-order valence-electron chi connectivity index (χ1n) is 5.79. The Hall–Kier alpha value is -1.15. The van der Waals surface area contributed by atoms with E-state index in [1.807, 2.05) is 0 Å².